The van der Waals surface area contributed by atoms with Crippen molar-refractivity contribution in [3.8, 4) is 0 Å². The van der Waals surface area contributed by atoms with Gasteiger partial charge < -0.3 is 14.6 Å². The number of esters is 1. The Morgan fingerprint density at radius 3 is 2.95 bits per heavy atom. The molecule has 0 aliphatic carbocycles. The van der Waals surface area contributed by atoms with Crippen LogP contribution in [0.4, 0.5) is 0 Å². The molecule has 0 fully saturated rings. The fraction of sp³-hybridized carbons (Fsp3) is 0.267. The molecule has 1 aromatic carbocycles. The zero-order valence-electron chi connectivity index (χ0n) is 12.2. The van der Waals surface area contributed by atoms with Crippen molar-refractivity contribution in [1.29, 1.82) is 0 Å². The van der Waals surface area contributed by atoms with Gasteiger partial charge in [0.05, 0.1) is 23.9 Å². The Morgan fingerprint density at radius 2 is 2.23 bits per heavy atom. The molecule has 0 atom stereocenters. The van der Waals surface area contributed by atoms with Crippen LogP contribution in [-0.4, -0.2) is 40.8 Å². The maximum Gasteiger partial charge on any atom is 0.325 e. The lowest BCUT2D eigenvalue weighted by atomic mass is 10.3. The van der Waals surface area contributed by atoms with Crippen LogP contribution >= 0.6 is 11.8 Å². The summed E-state index contributed by atoms with van der Waals surface area (Å²) in [5.41, 5.74) is 1.88. The number of thioether (sulfide) groups is 1. The van der Waals surface area contributed by atoms with Crippen molar-refractivity contribution in [2.75, 3.05) is 19.4 Å². The number of aromatic nitrogens is 2. The van der Waals surface area contributed by atoms with Crippen molar-refractivity contribution in [3.63, 3.8) is 0 Å². The number of nitrogens with zero attached hydrogens (tertiary/aromatic N) is 2. The summed E-state index contributed by atoms with van der Waals surface area (Å²) >= 11 is 1.32. The van der Waals surface area contributed by atoms with E-state index in [4.69, 9.17) is 0 Å². The SMILES string of the molecule is C=CCn1c(SCC(=O)NCC(=O)OC)nc2ccccc21. The molecule has 0 aliphatic rings. The van der Waals surface area contributed by atoms with E-state index >= 15 is 0 Å². The smallest absolute Gasteiger partial charge is 0.325 e. The summed E-state index contributed by atoms with van der Waals surface area (Å²) in [4.78, 5) is 27.2. The maximum atomic E-state index is 11.7. The highest BCUT2D eigenvalue weighted by atomic mass is 32.2. The third-order valence-electron chi connectivity index (χ3n) is 2.92. The quantitative estimate of drug-likeness (QED) is 0.477. The first kappa shape index (κ1) is 16.1. The molecular weight excluding hydrogens is 302 g/mol. The van der Waals surface area contributed by atoms with Gasteiger partial charge in [-0.1, -0.05) is 30.0 Å². The Labute approximate surface area is 132 Å². The Balaban J connectivity index is 2.04. The van der Waals surface area contributed by atoms with Gasteiger partial charge in [0, 0.05) is 6.54 Å². The highest BCUT2D eigenvalue weighted by Crippen LogP contribution is 2.23. The number of carbonyl (C=O) groups excluding carboxylic acids is 2. The normalized spacial score (nSPS) is 10.4. The van der Waals surface area contributed by atoms with Crippen molar-refractivity contribution in [3.05, 3.63) is 36.9 Å². The minimum atomic E-state index is -0.475. The second kappa shape index (κ2) is 7.65. The number of rotatable bonds is 7. The van der Waals surface area contributed by atoms with Gasteiger partial charge in [-0.3, -0.25) is 9.59 Å². The molecule has 0 spiro atoms. The van der Waals surface area contributed by atoms with E-state index in [1.54, 1.807) is 6.08 Å². The van der Waals surface area contributed by atoms with Crippen LogP contribution in [-0.2, 0) is 20.9 Å². The first-order chi connectivity index (χ1) is 10.7. The fourth-order valence-electron chi connectivity index (χ4n) is 1.89. The molecule has 22 heavy (non-hydrogen) atoms. The molecule has 0 bridgehead atoms. The number of methoxy groups -OCH3 is 1. The summed E-state index contributed by atoms with van der Waals surface area (Å²) in [6.07, 6.45) is 1.79. The summed E-state index contributed by atoms with van der Waals surface area (Å²) in [7, 11) is 1.28. The fourth-order valence-corrected chi connectivity index (χ4v) is 2.75. The van der Waals surface area contributed by atoms with Gasteiger partial charge in [-0.05, 0) is 12.1 Å². The summed E-state index contributed by atoms with van der Waals surface area (Å²) in [5.74, 6) is -0.540. The number of nitrogens with one attached hydrogen (secondary N) is 1. The number of ether oxygens (including phenoxy) is 1. The molecular formula is C15H17N3O3S. The van der Waals surface area contributed by atoms with Gasteiger partial charge in [-0.25, -0.2) is 4.98 Å². The first-order valence-electron chi connectivity index (χ1n) is 6.68. The van der Waals surface area contributed by atoms with Crippen LogP contribution in [0, 0.1) is 0 Å². The van der Waals surface area contributed by atoms with Crippen molar-refractivity contribution >= 4 is 34.7 Å². The lowest BCUT2D eigenvalue weighted by molar-refractivity contribution is -0.140. The van der Waals surface area contributed by atoms with E-state index in [2.05, 4.69) is 21.6 Å². The van der Waals surface area contributed by atoms with Gasteiger partial charge in [0.1, 0.15) is 6.54 Å². The van der Waals surface area contributed by atoms with E-state index in [1.807, 2.05) is 28.8 Å². The van der Waals surface area contributed by atoms with E-state index in [0.717, 1.165) is 16.2 Å². The number of allylic oxidation sites excluding steroid dienone is 1. The number of fused-ring (bicyclic) bond motifs is 1. The molecule has 0 unspecified atom stereocenters. The number of imidazole rings is 1. The number of para-hydroxylation sites is 2. The van der Waals surface area contributed by atoms with Crippen LogP contribution in [0.5, 0.6) is 0 Å². The van der Waals surface area contributed by atoms with Crippen LogP contribution in [0.25, 0.3) is 11.0 Å². The largest absolute Gasteiger partial charge is 0.468 e. The average molecular weight is 319 g/mol. The number of amides is 1. The monoisotopic (exact) mass is 319 g/mol. The zero-order valence-corrected chi connectivity index (χ0v) is 13.1. The van der Waals surface area contributed by atoms with Crippen LogP contribution in [0.1, 0.15) is 0 Å². The third-order valence-corrected chi connectivity index (χ3v) is 3.90. The molecule has 2 rings (SSSR count). The standard InChI is InChI=1S/C15H17N3O3S/c1-3-8-18-12-7-5-4-6-11(12)17-15(18)22-10-13(19)16-9-14(20)21-2/h3-7H,1,8-10H2,2H3,(H,16,19). The average Bonchev–Trinajstić information content (AvgIpc) is 2.89. The molecule has 0 saturated heterocycles. The molecule has 116 valence electrons. The molecule has 1 aromatic heterocycles. The molecule has 1 amide bonds. The molecule has 1 heterocycles. The van der Waals surface area contributed by atoms with E-state index in [-0.39, 0.29) is 18.2 Å². The number of benzene rings is 1. The van der Waals surface area contributed by atoms with Gasteiger partial charge in [0.2, 0.25) is 5.91 Å². The first-order valence-corrected chi connectivity index (χ1v) is 7.66. The maximum absolute atomic E-state index is 11.7. The number of hydrogen-bond acceptors (Lipinski definition) is 5. The van der Waals surface area contributed by atoms with E-state index in [9.17, 15) is 9.59 Å². The van der Waals surface area contributed by atoms with Gasteiger partial charge in [-0.2, -0.15) is 0 Å². The highest BCUT2D eigenvalue weighted by Gasteiger charge is 2.12. The van der Waals surface area contributed by atoms with Crippen molar-refractivity contribution in [2.24, 2.45) is 0 Å². The summed E-state index contributed by atoms with van der Waals surface area (Å²) in [5, 5.41) is 3.24. The Morgan fingerprint density at radius 1 is 1.45 bits per heavy atom. The van der Waals surface area contributed by atoms with Gasteiger partial charge in [-0.15, -0.1) is 6.58 Å². The predicted octanol–water partition coefficient (Wildman–Crippen LogP) is 1.60. The van der Waals surface area contributed by atoms with Crippen LogP contribution in [0.15, 0.2) is 42.1 Å². The molecule has 0 aliphatic heterocycles. The lowest BCUT2D eigenvalue weighted by Gasteiger charge is -2.06. The van der Waals surface area contributed by atoms with Gasteiger partial charge in [0.15, 0.2) is 5.16 Å². The second-order valence-electron chi connectivity index (χ2n) is 4.42. The number of hydrogen-bond donors (Lipinski definition) is 1. The van der Waals surface area contributed by atoms with E-state index < -0.39 is 5.97 Å². The van der Waals surface area contributed by atoms with Crippen LogP contribution < -0.4 is 5.32 Å². The molecule has 0 radical (unpaired) electrons. The van der Waals surface area contributed by atoms with Crippen molar-refractivity contribution in [2.45, 2.75) is 11.7 Å². The van der Waals surface area contributed by atoms with Gasteiger partial charge >= 0.3 is 5.97 Å². The Kier molecular flexibility index (Phi) is 5.60. The lowest BCUT2D eigenvalue weighted by Crippen LogP contribution is -2.31. The van der Waals surface area contributed by atoms with Crippen molar-refractivity contribution in [1.82, 2.24) is 14.9 Å². The van der Waals surface area contributed by atoms with Crippen molar-refractivity contribution < 1.29 is 14.3 Å². The van der Waals surface area contributed by atoms with E-state index in [0.29, 0.717) is 6.54 Å². The van der Waals surface area contributed by atoms with E-state index in [1.165, 1.54) is 18.9 Å². The molecule has 1 N–H and O–H groups in total. The molecule has 6 nitrogen and oxygen atoms in total. The molecule has 0 saturated carbocycles. The van der Waals surface area contributed by atoms with Crippen LogP contribution in [0.3, 0.4) is 0 Å². The third kappa shape index (κ3) is 3.88. The predicted molar refractivity (Wildman–Crippen MR) is 85.7 cm³/mol. The minimum Gasteiger partial charge on any atom is -0.468 e. The number of carbonyl (C=O) groups is 2. The summed E-state index contributed by atoms with van der Waals surface area (Å²) in [6.45, 7) is 4.24. The minimum absolute atomic E-state index is 0.126. The second-order valence-corrected chi connectivity index (χ2v) is 5.37. The topological polar surface area (TPSA) is 73.2 Å². The summed E-state index contributed by atoms with van der Waals surface area (Å²) < 4.78 is 6.47. The highest BCUT2D eigenvalue weighted by molar-refractivity contribution is 7.99. The molecule has 7 heteroatoms. The Bertz CT molecular complexity index is 696. The van der Waals surface area contributed by atoms with Crippen LogP contribution in [0.2, 0.25) is 0 Å². The molecule has 2 aromatic rings. The Hall–Kier alpha value is -2.28. The summed E-state index contributed by atoms with van der Waals surface area (Å²) in [6, 6.07) is 7.77. The zero-order chi connectivity index (χ0) is 15.9. The van der Waals surface area contributed by atoms with Gasteiger partial charge in [0.25, 0.3) is 0 Å².